The van der Waals surface area contributed by atoms with Crippen molar-refractivity contribution in [3.8, 4) is 11.1 Å². The third-order valence-corrected chi connectivity index (χ3v) is 10.5. The highest BCUT2D eigenvalue weighted by atomic mass is 32.2. The van der Waals surface area contributed by atoms with Crippen molar-refractivity contribution in [3.63, 3.8) is 0 Å². The number of benzene rings is 3. The average molecular weight is 703 g/mol. The lowest BCUT2D eigenvalue weighted by molar-refractivity contribution is -0.132. The standard InChI is InChI=1S/C34H30N4O7S3/c1-36-31(39)25(32(40)37(2)34(36)46)15-7-8-18-28-38(19-10-20-48(42,43)44)29-26(16-9-17-27(29)47-28)35-33(41)45-30-23-13-5-3-11-21(23)22-12-4-6-14-24(22)30/h3-9,11-18,30H,10,19-20H2,1-2H3,(H,35,41)(H,42,43,44). The molecule has 2 N–H and O–H groups in total. The number of carbonyl (C=O) groups excluding carboxylic acids is 3. The SMILES string of the molecule is CN1C(=O)C(=CC=CC=C2Sc3cccc(NC(=O)OC4c5ccccc5-c5ccccc54)c3N2CCCS(=O)(=O)O)C(=O)N(C)C1=S. The maximum atomic E-state index is 13.4. The molecule has 0 aromatic heterocycles. The molecule has 1 aliphatic carbocycles. The minimum Gasteiger partial charge on any atom is -0.436 e. The Labute approximate surface area is 287 Å². The summed E-state index contributed by atoms with van der Waals surface area (Å²) in [6, 6.07) is 21.0. The highest BCUT2D eigenvalue weighted by Crippen LogP contribution is 2.50. The fourth-order valence-corrected chi connectivity index (χ4v) is 7.57. The summed E-state index contributed by atoms with van der Waals surface area (Å²) in [6.07, 6.45) is 5.21. The number of hydrogen-bond donors (Lipinski definition) is 2. The number of thioether (sulfide) groups is 1. The summed E-state index contributed by atoms with van der Waals surface area (Å²) in [5.74, 6) is -1.48. The van der Waals surface area contributed by atoms with Crippen LogP contribution in [0.25, 0.3) is 11.1 Å². The zero-order valence-electron chi connectivity index (χ0n) is 25.8. The van der Waals surface area contributed by atoms with Gasteiger partial charge >= 0.3 is 6.09 Å². The highest BCUT2D eigenvalue weighted by Gasteiger charge is 2.35. The van der Waals surface area contributed by atoms with Gasteiger partial charge < -0.3 is 9.64 Å². The van der Waals surface area contributed by atoms with Gasteiger partial charge in [0.2, 0.25) is 0 Å². The fraction of sp³-hybridized carbons (Fsp3) is 0.176. The monoisotopic (exact) mass is 702 g/mol. The van der Waals surface area contributed by atoms with Gasteiger partial charge in [-0.1, -0.05) is 78.5 Å². The summed E-state index contributed by atoms with van der Waals surface area (Å²) in [4.78, 5) is 43.8. The Balaban J connectivity index is 1.25. The van der Waals surface area contributed by atoms with E-state index >= 15 is 0 Å². The third kappa shape index (κ3) is 6.52. The van der Waals surface area contributed by atoms with E-state index in [2.05, 4.69) is 5.32 Å². The number of nitrogens with one attached hydrogen (secondary N) is 1. The zero-order valence-corrected chi connectivity index (χ0v) is 28.3. The Hall–Kier alpha value is -4.76. The van der Waals surface area contributed by atoms with Gasteiger partial charge in [-0.25, -0.2) is 4.79 Å². The van der Waals surface area contributed by atoms with Crippen LogP contribution in [0.1, 0.15) is 23.7 Å². The summed E-state index contributed by atoms with van der Waals surface area (Å²) in [5, 5.41) is 3.69. The van der Waals surface area contributed by atoms with Gasteiger partial charge in [0.05, 0.1) is 22.2 Å². The molecule has 0 spiro atoms. The van der Waals surface area contributed by atoms with Crippen molar-refractivity contribution >= 4 is 68.5 Å². The van der Waals surface area contributed by atoms with Crippen LogP contribution in [0.4, 0.5) is 16.2 Å². The lowest BCUT2D eigenvalue weighted by Gasteiger charge is -2.31. The largest absolute Gasteiger partial charge is 0.436 e. The molecule has 3 aliphatic rings. The first kappa shape index (κ1) is 33.2. The van der Waals surface area contributed by atoms with Gasteiger partial charge in [-0.2, -0.15) is 8.42 Å². The molecule has 48 heavy (non-hydrogen) atoms. The number of hydrogen-bond acceptors (Lipinski definition) is 9. The summed E-state index contributed by atoms with van der Waals surface area (Å²) < 4.78 is 38.4. The second-order valence-electron chi connectivity index (χ2n) is 11.1. The van der Waals surface area contributed by atoms with E-state index in [-0.39, 0.29) is 23.7 Å². The van der Waals surface area contributed by atoms with E-state index in [9.17, 15) is 27.4 Å². The van der Waals surface area contributed by atoms with Crippen molar-refractivity contribution < 1.29 is 32.1 Å². The minimum atomic E-state index is -4.20. The van der Waals surface area contributed by atoms with Crippen molar-refractivity contribution in [1.82, 2.24) is 9.80 Å². The molecule has 0 radical (unpaired) electrons. The number of rotatable bonds is 8. The maximum Gasteiger partial charge on any atom is 0.412 e. The number of allylic oxidation sites excluding steroid dienone is 4. The molecule has 14 heteroatoms. The van der Waals surface area contributed by atoms with Gasteiger partial charge in [0, 0.05) is 36.7 Å². The van der Waals surface area contributed by atoms with E-state index in [1.165, 1.54) is 41.7 Å². The van der Waals surface area contributed by atoms with E-state index in [1.54, 1.807) is 30.4 Å². The normalized spacial score (nSPS) is 16.9. The Morgan fingerprint density at radius 1 is 0.938 bits per heavy atom. The van der Waals surface area contributed by atoms with Crippen molar-refractivity contribution in [2.45, 2.75) is 17.4 Å². The number of fused-ring (bicyclic) bond motifs is 4. The Kier molecular flexibility index (Phi) is 9.25. The number of nitrogens with zero attached hydrogens (tertiary/aromatic N) is 3. The molecule has 6 rings (SSSR count). The summed E-state index contributed by atoms with van der Waals surface area (Å²) in [5.41, 5.74) is 4.82. The van der Waals surface area contributed by atoms with Gasteiger partial charge in [0.15, 0.2) is 11.2 Å². The van der Waals surface area contributed by atoms with E-state index in [0.717, 1.165) is 27.1 Å². The van der Waals surface area contributed by atoms with Crippen LogP contribution in [-0.4, -0.2) is 72.2 Å². The Morgan fingerprint density at radius 3 is 2.17 bits per heavy atom. The van der Waals surface area contributed by atoms with Crippen LogP contribution in [-0.2, 0) is 24.4 Å². The Bertz CT molecular complexity index is 1990. The summed E-state index contributed by atoms with van der Waals surface area (Å²) in [6.45, 7) is 0.196. The molecule has 246 valence electrons. The fourth-order valence-electron chi connectivity index (χ4n) is 5.78. The maximum absolute atomic E-state index is 13.4. The molecular weight excluding hydrogens is 673 g/mol. The first-order valence-electron chi connectivity index (χ1n) is 14.8. The third-order valence-electron chi connectivity index (χ3n) is 8.03. The first-order chi connectivity index (χ1) is 22.9. The molecule has 3 amide bonds. The van der Waals surface area contributed by atoms with Crippen LogP contribution >= 0.6 is 24.0 Å². The molecule has 1 fully saturated rings. The van der Waals surface area contributed by atoms with Crippen molar-refractivity contribution in [1.29, 1.82) is 0 Å². The van der Waals surface area contributed by atoms with Gasteiger partial charge in [-0.05, 0) is 54.1 Å². The lowest BCUT2D eigenvalue weighted by atomic mass is 10.1. The number of anilines is 2. The molecule has 0 bridgehead atoms. The quantitative estimate of drug-likeness (QED) is 0.130. The zero-order chi connectivity index (χ0) is 34.2. The summed E-state index contributed by atoms with van der Waals surface area (Å²) >= 11 is 6.52. The number of ether oxygens (including phenoxy) is 1. The number of para-hydroxylation sites is 1. The molecule has 2 heterocycles. The van der Waals surface area contributed by atoms with Crippen LogP contribution in [0.15, 0.2) is 107 Å². The molecule has 0 unspecified atom stereocenters. The second kappa shape index (κ2) is 13.4. The van der Waals surface area contributed by atoms with Crippen molar-refractivity contribution in [3.05, 3.63) is 113 Å². The van der Waals surface area contributed by atoms with E-state index in [4.69, 9.17) is 17.0 Å². The van der Waals surface area contributed by atoms with E-state index < -0.39 is 39.9 Å². The molecule has 2 aliphatic heterocycles. The van der Waals surface area contributed by atoms with Crippen LogP contribution in [0, 0.1) is 0 Å². The molecule has 0 saturated carbocycles. The highest BCUT2D eigenvalue weighted by molar-refractivity contribution is 8.03. The van der Waals surface area contributed by atoms with Gasteiger partial charge in [0.25, 0.3) is 21.9 Å². The van der Waals surface area contributed by atoms with E-state index in [0.29, 0.717) is 16.4 Å². The molecule has 1 saturated heterocycles. The van der Waals surface area contributed by atoms with Gasteiger partial charge in [0.1, 0.15) is 5.57 Å². The number of likely N-dealkylation sites (N-methyl/N-ethyl adjacent to an activating group) is 2. The minimum absolute atomic E-state index is 0.0480. The predicted octanol–water partition coefficient (Wildman–Crippen LogP) is 5.73. The number of thiocarbonyl (C=S) groups is 1. The number of amides is 3. The average Bonchev–Trinajstić information content (AvgIpc) is 3.57. The van der Waals surface area contributed by atoms with Crippen LogP contribution in [0.2, 0.25) is 0 Å². The van der Waals surface area contributed by atoms with Gasteiger partial charge in [-0.3, -0.25) is 29.3 Å². The van der Waals surface area contributed by atoms with Crippen molar-refractivity contribution in [2.75, 3.05) is 36.6 Å². The van der Waals surface area contributed by atoms with Crippen LogP contribution in [0.5, 0.6) is 0 Å². The topological polar surface area (TPSA) is 137 Å². The smallest absolute Gasteiger partial charge is 0.412 e. The van der Waals surface area contributed by atoms with Crippen LogP contribution < -0.4 is 10.2 Å². The lowest BCUT2D eigenvalue weighted by Crippen LogP contribution is -2.52. The summed E-state index contributed by atoms with van der Waals surface area (Å²) in [7, 11) is -1.21. The number of carbonyl (C=O) groups is 3. The van der Waals surface area contributed by atoms with Gasteiger partial charge in [-0.15, -0.1) is 0 Å². The molecule has 3 aromatic carbocycles. The predicted molar refractivity (Wildman–Crippen MR) is 188 cm³/mol. The molecule has 0 atom stereocenters. The van der Waals surface area contributed by atoms with E-state index in [1.807, 2.05) is 59.5 Å². The Morgan fingerprint density at radius 2 is 1.54 bits per heavy atom. The molecular formula is C34H30N4O7S3. The molecule has 3 aromatic rings. The first-order valence-corrected chi connectivity index (χ1v) is 17.7. The van der Waals surface area contributed by atoms with Crippen LogP contribution in [0.3, 0.4) is 0 Å². The van der Waals surface area contributed by atoms with Crippen molar-refractivity contribution in [2.24, 2.45) is 0 Å². The molecule has 11 nitrogen and oxygen atoms in total. The second-order valence-corrected chi connectivity index (χ2v) is 14.1.